The molecule has 9 nitrogen and oxygen atoms in total. The summed E-state index contributed by atoms with van der Waals surface area (Å²) in [6.07, 6.45) is -1.38. The van der Waals surface area contributed by atoms with Crippen LogP contribution in [-0.2, 0) is 23.8 Å². The minimum absolute atomic E-state index is 0.0322. The van der Waals surface area contributed by atoms with E-state index in [9.17, 15) is 18.0 Å². The molecular weight excluding hydrogens is 400 g/mol. The standard InChI is InChI=1S/C19H20N2O7S/c1-13-2-8-17(9-3-13)29(25,26)27-12-16-10-21(19(24)28-16)15-6-4-14(5-7-15)20-18(23)11-22/h2-9,16,22H,10-12H2,1H3,(H,20,23)/t16-/m1/s1. The number of aryl methyl sites for hydroxylation is 1. The molecule has 3 rings (SSSR count). The van der Waals surface area contributed by atoms with E-state index in [4.69, 9.17) is 14.0 Å². The maximum atomic E-state index is 12.3. The van der Waals surface area contributed by atoms with Crippen molar-refractivity contribution in [3.8, 4) is 0 Å². The lowest BCUT2D eigenvalue weighted by molar-refractivity contribution is -0.118. The molecule has 0 unspecified atom stereocenters. The molecule has 0 aliphatic carbocycles. The summed E-state index contributed by atoms with van der Waals surface area (Å²) in [6.45, 7) is 1.03. The minimum atomic E-state index is -3.95. The van der Waals surface area contributed by atoms with Crippen molar-refractivity contribution in [1.29, 1.82) is 0 Å². The fourth-order valence-corrected chi connectivity index (χ4v) is 3.62. The molecule has 2 N–H and O–H groups in total. The molecule has 0 bridgehead atoms. The van der Waals surface area contributed by atoms with Gasteiger partial charge in [-0.2, -0.15) is 8.42 Å². The molecule has 1 atom stereocenters. The highest BCUT2D eigenvalue weighted by Gasteiger charge is 2.33. The normalized spacial score (nSPS) is 16.6. The molecule has 2 amide bonds. The van der Waals surface area contributed by atoms with Crippen molar-refractivity contribution in [3.05, 3.63) is 54.1 Å². The average Bonchev–Trinajstić information content (AvgIpc) is 3.08. The van der Waals surface area contributed by atoms with Gasteiger partial charge in [-0.25, -0.2) is 4.79 Å². The number of cyclic esters (lactones) is 1. The molecule has 2 aromatic rings. The van der Waals surface area contributed by atoms with Crippen LogP contribution in [-0.4, -0.2) is 51.4 Å². The number of nitrogens with zero attached hydrogens (tertiary/aromatic N) is 1. The van der Waals surface area contributed by atoms with Gasteiger partial charge in [0.25, 0.3) is 10.1 Å². The van der Waals surface area contributed by atoms with Crippen LogP contribution in [0.1, 0.15) is 5.56 Å². The van der Waals surface area contributed by atoms with Crippen LogP contribution in [0.2, 0.25) is 0 Å². The van der Waals surface area contributed by atoms with Crippen LogP contribution in [0, 0.1) is 6.92 Å². The molecule has 0 aromatic heterocycles. The lowest BCUT2D eigenvalue weighted by Gasteiger charge is -2.14. The first-order chi connectivity index (χ1) is 13.8. The third kappa shape index (κ3) is 5.11. The smallest absolute Gasteiger partial charge is 0.414 e. The van der Waals surface area contributed by atoms with Gasteiger partial charge in [0.2, 0.25) is 5.91 Å². The SMILES string of the molecule is Cc1ccc(S(=O)(=O)OC[C@H]2CN(c3ccc(NC(=O)CO)cc3)C(=O)O2)cc1. The second-order valence-corrected chi connectivity index (χ2v) is 8.04. The molecule has 0 spiro atoms. The van der Waals surface area contributed by atoms with Gasteiger partial charge in [0, 0.05) is 11.4 Å². The third-order valence-corrected chi connectivity index (χ3v) is 5.50. The van der Waals surface area contributed by atoms with Crippen molar-refractivity contribution >= 4 is 33.5 Å². The van der Waals surface area contributed by atoms with Gasteiger partial charge in [-0.15, -0.1) is 0 Å². The monoisotopic (exact) mass is 420 g/mol. The Morgan fingerprint density at radius 2 is 1.86 bits per heavy atom. The number of nitrogens with one attached hydrogen (secondary N) is 1. The fourth-order valence-electron chi connectivity index (χ4n) is 2.68. The predicted molar refractivity (Wildman–Crippen MR) is 104 cm³/mol. The van der Waals surface area contributed by atoms with Gasteiger partial charge in [0.15, 0.2) is 0 Å². The van der Waals surface area contributed by atoms with Crippen LogP contribution in [0.5, 0.6) is 0 Å². The van der Waals surface area contributed by atoms with Crippen LogP contribution in [0.3, 0.4) is 0 Å². The number of ether oxygens (including phenoxy) is 1. The number of benzene rings is 2. The largest absolute Gasteiger partial charge is 0.441 e. The molecule has 29 heavy (non-hydrogen) atoms. The van der Waals surface area contributed by atoms with Crippen LogP contribution >= 0.6 is 0 Å². The molecule has 1 fully saturated rings. The number of rotatable bonds is 7. The Labute approximate surface area is 168 Å². The molecule has 154 valence electrons. The lowest BCUT2D eigenvalue weighted by atomic mass is 10.2. The zero-order valence-electron chi connectivity index (χ0n) is 15.6. The topological polar surface area (TPSA) is 122 Å². The highest BCUT2D eigenvalue weighted by molar-refractivity contribution is 7.86. The Hall–Kier alpha value is -2.95. The van der Waals surface area contributed by atoms with Crippen molar-refractivity contribution in [3.63, 3.8) is 0 Å². The maximum Gasteiger partial charge on any atom is 0.414 e. The van der Waals surface area contributed by atoms with Gasteiger partial charge >= 0.3 is 6.09 Å². The first kappa shape index (κ1) is 20.8. The quantitative estimate of drug-likeness (QED) is 0.653. The van der Waals surface area contributed by atoms with E-state index in [-0.39, 0.29) is 18.0 Å². The molecule has 1 heterocycles. The Morgan fingerprint density at radius 3 is 2.48 bits per heavy atom. The van der Waals surface area contributed by atoms with Gasteiger partial charge in [-0.05, 0) is 43.3 Å². The fraction of sp³-hybridized carbons (Fsp3) is 0.263. The van der Waals surface area contributed by atoms with Crippen LogP contribution < -0.4 is 10.2 Å². The summed E-state index contributed by atoms with van der Waals surface area (Å²) in [6, 6.07) is 12.6. The zero-order chi connectivity index (χ0) is 21.0. The van der Waals surface area contributed by atoms with Crippen molar-refractivity contribution in [2.45, 2.75) is 17.9 Å². The van der Waals surface area contributed by atoms with Gasteiger partial charge in [0.05, 0.1) is 11.4 Å². The number of carbonyl (C=O) groups is 2. The number of amides is 2. The average molecular weight is 420 g/mol. The van der Waals surface area contributed by atoms with Crippen molar-refractivity contribution in [2.75, 3.05) is 30.0 Å². The Bertz CT molecular complexity index is 988. The minimum Gasteiger partial charge on any atom is -0.441 e. The number of carbonyl (C=O) groups excluding carboxylic acids is 2. The van der Waals surface area contributed by atoms with Crippen LogP contribution in [0.25, 0.3) is 0 Å². The summed E-state index contributed by atoms with van der Waals surface area (Å²) in [5, 5.41) is 11.2. The molecule has 1 saturated heterocycles. The number of hydrogen-bond acceptors (Lipinski definition) is 7. The summed E-state index contributed by atoms with van der Waals surface area (Å²) in [5.74, 6) is -0.551. The van der Waals surface area contributed by atoms with Crippen molar-refractivity contribution < 1.29 is 32.0 Å². The summed E-state index contributed by atoms with van der Waals surface area (Å²) < 4.78 is 34.7. The number of anilines is 2. The lowest BCUT2D eigenvalue weighted by Crippen LogP contribution is -2.26. The van der Waals surface area contributed by atoms with E-state index in [2.05, 4.69) is 5.32 Å². The van der Waals surface area contributed by atoms with E-state index in [1.165, 1.54) is 17.0 Å². The number of aliphatic hydroxyl groups excluding tert-OH is 1. The third-order valence-electron chi connectivity index (χ3n) is 4.20. The Balaban J connectivity index is 1.60. The molecule has 0 saturated carbocycles. The Kier molecular flexibility index (Phi) is 6.16. The first-order valence-corrected chi connectivity index (χ1v) is 10.1. The van der Waals surface area contributed by atoms with Crippen molar-refractivity contribution in [2.24, 2.45) is 0 Å². The predicted octanol–water partition coefficient (Wildman–Crippen LogP) is 1.66. The molecule has 1 aliphatic heterocycles. The Morgan fingerprint density at radius 1 is 1.21 bits per heavy atom. The second kappa shape index (κ2) is 8.60. The number of hydrogen-bond donors (Lipinski definition) is 2. The number of aliphatic hydroxyl groups is 1. The molecule has 1 aliphatic rings. The molecular formula is C19H20N2O7S. The van der Waals surface area contributed by atoms with Gasteiger partial charge < -0.3 is 15.2 Å². The first-order valence-electron chi connectivity index (χ1n) is 8.73. The second-order valence-electron chi connectivity index (χ2n) is 6.42. The summed E-state index contributed by atoms with van der Waals surface area (Å²) in [7, 11) is -3.95. The van der Waals surface area contributed by atoms with Gasteiger partial charge in [0.1, 0.15) is 19.3 Å². The molecule has 0 radical (unpaired) electrons. The molecule has 2 aromatic carbocycles. The van der Waals surface area contributed by atoms with Gasteiger partial charge in [-0.3, -0.25) is 13.9 Å². The van der Waals surface area contributed by atoms with E-state index in [1.54, 1.807) is 36.4 Å². The highest BCUT2D eigenvalue weighted by atomic mass is 32.2. The molecule has 10 heteroatoms. The summed E-state index contributed by atoms with van der Waals surface area (Å²) >= 11 is 0. The van der Waals surface area contributed by atoms with Crippen molar-refractivity contribution in [1.82, 2.24) is 0 Å². The van der Waals surface area contributed by atoms with Crippen LogP contribution in [0.15, 0.2) is 53.4 Å². The summed E-state index contributed by atoms with van der Waals surface area (Å²) in [5.41, 5.74) is 1.90. The van der Waals surface area contributed by atoms with E-state index < -0.39 is 34.8 Å². The van der Waals surface area contributed by atoms with E-state index in [0.717, 1.165) is 5.56 Å². The van der Waals surface area contributed by atoms with E-state index in [0.29, 0.717) is 11.4 Å². The van der Waals surface area contributed by atoms with E-state index >= 15 is 0 Å². The van der Waals surface area contributed by atoms with E-state index in [1.807, 2.05) is 6.92 Å². The highest BCUT2D eigenvalue weighted by Crippen LogP contribution is 2.24. The zero-order valence-corrected chi connectivity index (χ0v) is 16.4. The maximum absolute atomic E-state index is 12.3. The van der Waals surface area contributed by atoms with Gasteiger partial charge in [-0.1, -0.05) is 17.7 Å². The summed E-state index contributed by atoms with van der Waals surface area (Å²) in [4.78, 5) is 24.7. The van der Waals surface area contributed by atoms with Crippen LogP contribution in [0.4, 0.5) is 16.2 Å².